The van der Waals surface area contributed by atoms with Gasteiger partial charge in [-0.25, -0.2) is 0 Å². The molecule has 0 radical (unpaired) electrons. The normalized spacial score (nSPS) is 25.9. The van der Waals surface area contributed by atoms with E-state index in [0.29, 0.717) is 5.92 Å². The van der Waals surface area contributed by atoms with Crippen molar-refractivity contribution in [2.24, 2.45) is 11.8 Å². The highest BCUT2D eigenvalue weighted by atomic mass is 16.5. The van der Waals surface area contributed by atoms with Gasteiger partial charge in [-0.15, -0.1) is 0 Å². The predicted molar refractivity (Wildman–Crippen MR) is 61.7 cm³/mol. The second-order valence-electron chi connectivity index (χ2n) is 4.72. The average Bonchev–Trinajstić information content (AvgIpc) is 3.05. The van der Waals surface area contributed by atoms with Crippen molar-refractivity contribution in [2.45, 2.75) is 19.3 Å². The molecule has 0 saturated heterocycles. The molecule has 0 amide bonds. The van der Waals surface area contributed by atoms with Crippen LogP contribution in [0.5, 0.6) is 0 Å². The summed E-state index contributed by atoms with van der Waals surface area (Å²) in [5.74, 6) is 2.75. The minimum atomic E-state index is 0.655. The third kappa shape index (κ3) is 3.84. The molecule has 15 heavy (non-hydrogen) atoms. The van der Waals surface area contributed by atoms with Gasteiger partial charge in [-0.05, 0) is 44.8 Å². The van der Waals surface area contributed by atoms with Crippen molar-refractivity contribution in [3.05, 3.63) is 11.8 Å². The topological polar surface area (TPSA) is 33.3 Å². The van der Waals surface area contributed by atoms with Crippen LogP contribution in [0.2, 0.25) is 0 Å². The smallest absolute Gasteiger partial charge is 0.106 e. The molecular formula is C12H22N2O. The zero-order chi connectivity index (χ0) is 10.5. The predicted octanol–water partition coefficient (Wildman–Crippen LogP) is 1.13. The third-order valence-corrected chi connectivity index (χ3v) is 3.11. The fourth-order valence-corrected chi connectivity index (χ4v) is 1.93. The first kappa shape index (κ1) is 11.0. The van der Waals surface area contributed by atoms with E-state index < -0.39 is 0 Å². The number of hydrogen-bond acceptors (Lipinski definition) is 3. The Bertz CT molecular complexity index is 224. The van der Waals surface area contributed by atoms with Crippen molar-refractivity contribution >= 4 is 0 Å². The molecule has 1 aliphatic heterocycles. The number of nitrogens with one attached hydrogen (secondary N) is 2. The van der Waals surface area contributed by atoms with Gasteiger partial charge >= 0.3 is 0 Å². The van der Waals surface area contributed by atoms with Gasteiger partial charge in [0.1, 0.15) is 5.76 Å². The van der Waals surface area contributed by atoms with Gasteiger partial charge in [0.25, 0.3) is 0 Å². The molecule has 1 heterocycles. The Hall–Kier alpha value is -0.540. The molecular weight excluding hydrogens is 188 g/mol. The molecule has 0 spiro atoms. The minimum Gasteiger partial charge on any atom is -0.497 e. The average molecular weight is 210 g/mol. The van der Waals surface area contributed by atoms with Crippen molar-refractivity contribution in [1.29, 1.82) is 0 Å². The van der Waals surface area contributed by atoms with Crippen molar-refractivity contribution in [3.8, 4) is 0 Å². The summed E-state index contributed by atoms with van der Waals surface area (Å²) in [6.45, 7) is 4.01. The van der Waals surface area contributed by atoms with Crippen LogP contribution in [-0.4, -0.2) is 33.3 Å². The number of hydrogen-bond donors (Lipinski definition) is 2. The van der Waals surface area contributed by atoms with Crippen LogP contribution in [0.4, 0.5) is 0 Å². The summed E-state index contributed by atoms with van der Waals surface area (Å²) < 4.78 is 5.70. The monoisotopic (exact) mass is 210 g/mol. The fraction of sp³-hybridized carbons (Fsp3) is 0.833. The molecule has 2 aliphatic rings. The summed E-state index contributed by atoms with van der Waals surface area (Å²) in [5, 5.41) is 6.65. The molecule has 0 aromatic carbocycles. The largest absolute Gasteiger partial charge is 0.497 e. The van der Waals surface area contributed by atoms with Crippen LogP contribution in [0, 0.1) is 11.8 Å². The Balaban J connectivity index is 1.61. The van der Waals surface area contributed by atoms with Crippen molar-refractivity contribution in [2.75, 3.05) is 33.3 Å². The summed E-state index contributed by atoms with van der Waals surface area (Å²) in [6, 6.07) is 0. The zero-order valence-electron chi connectivity index (χ0n) is 9.59. The van der Waals surface area contributed by atoms with E-state index in [4.69, 9.17) is 4.74 Å². The molecule has 3 nitrogen and oxygen atoms in total. The van der Waals surface area contributed by atoms with Crippen molar-refractivity contribution < 1.29 is 4.74 Å². The summed E-state index contributed by atoms with van der Waals surface area (Å²) in [7, 11) is 2.00. The molecule has 1 saturated carbocycles. The maximum Gasteiger partial charge on any atom is 0.106 e. The molecule has 0 bridgehead atoms. The molecule has 1 aliphatic carbocycles. The van der Waals surface area contributed by atoms with E-state index in [1.54, 1.807) is 0 Å². The lowest BCUT2D eigenvalue weighted by molar-refractivity contribution is 0.141. The van der Waals surface area contributed by atoms with Crippen LogP contribution >= 0.6 is 0 Å². The summed E-state index contributed by atoms with van der Waals surface area (Å²) in [6.07, 6.45) is 6.22. The maximum absolute atomic E-state index is 5.70. The van der Waals surface area contributed by atoms with E-state index in [9.17, 15) is 0 Å². The van der Waals surface area contributed by atoms with Crippen LogP contribution in [0.25, 0.3) is 0 Å². The third-order valence-electron chi connectivity index (χ3n) is 3.11. The van der Waals surface area contributed by atoms with Crippen LogP contribution in [0.15, 0.2) is 11.8 Å². The molecule has 0 aromatic heterocycles. The molecule has 2 N–H and O–H groups in total. The Kier molecular flexibility index (Phi) is 4.03. The maximum atomic E-state index is 5.70. The Morgan fingerprint density at radius 2 is 2.20 bits per heavy atom. The summed E-state index contributed by atoms with van der Waals surface area (Å²) in [5.41, 5.74) is 0. The second-order valence-corrected chi connectivity index (χ2v) is 4.72. The van der Waals surface area contributed by atoms with E-state index in [2.05, 4.69) is 16.7 Å². The van der Waals surface area contributed by atoms with E-state index >= 15 is 0 Å². The van der Waals surface area contributed by atoms with Gasteiger partial charge in [0.2, 0.25) is 0 Å². The van der Waals surface area contributed by atoms with Crippen molar-refractivity contribution in [3.63, 3.8) is 0 Å². The standard InChI is InChI=1S/C12H22N2O/c1-13-6-11-4-5-12(15-9-11)8-14-7-10-2-3-10/h5,10-11,13-14H,2-4,6-9H2,1H3. The van der Waals surface area contributed by atoms with Crippen molar-refractivity contribution in [1.82, 2.24) is 10.6 Å². The van der Waals surface area contributed by atoms with Crippen LogP contribution < -0.4 is 10.6 Å². The SMILES string of the molecule is CNCC1CC=C(CNCC2CC2)OC1. The molecule has 3 heteroatoms. The Labute approximate surface area is 92.3 Å². The molecule has 0 aromatic rings. The molecule has 86 valence electrons. The fourth-order valence-electron chi connectivity index (χ4n) is 1.93. The minimum absolute atomic E-state index is 0.655. The Morgan fingerprint density at radius 1 is 1.33 bits per heavy atom. The van der Waals surface area contributed by atoms with Crippen LogP contribution in [-0.2, 0) is 4.74 Å². The number of rotatable bonds is 6. The first-order valence-electron chi connectivity index (χ1n) is 6.05. The number of allylic oxidation sites excluding steroid dienone is 1. The van der Waals surface area contributed by atoms with E-state index in [0.717, 1.165) is 37.8 Å². The zero-order valence-corrected chi connectivity index (χ0v) is 9.59. The van der Waals surface area contributed by atoms with Gasteiger partial charge in [0, 0.05) is 12.5 Å². The Morgan fingerprint density at radius 3 is 2.80 bits per heavy atom. The first-order valence-corrected chi connectivity index (χ1v) is 6.05. The second kappa shape index (κ2) is 5.52. The van der Waals surface area contributed by atoms with E-state index in [1.807, 2.05) is 7.05 Å². The van der Waals surface area contributed by atoms with Crippen LogP contribution in [0.3, 0.4) is 0 Å². The molecule has 1 unspecified atom stereocenters. The van der Waals surface area contributed by atoms with Gasteiger partial charge in [-0.2, -0.15) is 0 Å². The van der Waals surface area contributed by atoms with E-state index in [-0.39, 0.29) is 0 Å². The van der Waals surface area contributed by atoms with Gasteiger partial charge < -0.3 is 15.4 Å². The lowest BCUT2D eigenvalue weighted by Gasteiger charge is -2.23. The summed E-state index contributed by atoms with van der Waals surface area (Å²) >= 11 is 0. The number of ether oxygens (including phenoxy) is 1. The van der Waals surface area contributed by atoms with Gasteiger partial charge in [-0.1, -0.05) is 0 Å². The molecule has 1 fully saturated rings. The van der Waals surface area contributed by atoms with Gasteiger partial charge in [0.05, 0.1) is 13.2 Å². The quantitative estimate of drug-likeness (QED) is 0.689. The van der Waals surface area contributed by atoms with E-state index in [1.165, 1.54) is 19.4 Å². The lowest BCUT2D eigenvalue weighted by atomic mass is 10.0. The first-order chi connectivity index (χ1) is 7.38. The highest BCUT2D eigenvalue weighted by Gasteiger charge is 2.21. The highest BCUT2D eigenvalue weighted by molar-refractivity contribution is 5.00. The summed E-state index contributed by atoms with van der Waals surface area (Å²) in [4.78, 5) is 0. The molecule has 2 rings (SSSR count). The highest BCUT2D eigenvalue weighted by Crippen LogP contribution is 2.27. The van der Waals surface area contributed by atoms with Gasteiger partial charge in [-0.3, -0.25) is 0 Å². The lowest BCUT2D eigenvalue weighted by Crippen LogP contribution is -2.28. The molecule has 1 atom stereocenters. The van der Waals surface area contributed by atoms with Gasteiger partial charge in [0.15, 0.2) is 0 Å². The van der Waals surface area contributed by atoms with Crippen LogP contribution in [0.1, 0.15) is 19.3 Å².